The van der Waals surface area contributed by atoms with Crippen LogP contribution in [0.1, 0.15) is 6.92 Å². The standard InChI is InChI=1S/C7H17BrOSi/c1-5-9-6-7(8)10(2,3)4/h7H,5-6H2,1-4H3. The molecule has 0 saturated carbocycles. The van der Waals surface area contributed by atoms with Gasteiger partial charge in [0.1, 0.15) is 0 Å². The summed E-state index contributed by atoms with van der Waals surface area (Å²) in [6.07, 6.45) is 0. The van der Waals surface area contributed by atoms with E-state index in [0.29, 0.717) is 4.45 Å². The van der Waals surface area contributed by atoms with Crippen LogP contribution in [0.2, 0.25) is 19.6 Å². The van der Waals surface area contributed by atoms with E-state index in [-0.39, 0.29) is 0 Å². The molecule has 0 aliphatic carbocycles. The van der Waals surface area contributed by atoms with Crippen molar-refractivity contribution in [2.45, 2.75) is 31.0 Å². The molecule has 0 bridgehead atoms. The summed E-state index contributed by atoms with van der Waals surface area (Å²) in [5, 5.41) is 0. The lowest BCUT2D eigenvalue weighted by Gasteiger charge is -2.22. The third-order valence-corrected chi connectivity index (χ3v) is 7.84. The smallest absolute Gasteiger partial charge is 0.0625 e. The molecule has 62 valence electrons. The van der Waals surface area contributed by atoms with Crippen LogP contribution < -0.4 is 0 Å². The Bertz CT molecular complexity index is 90.1. The highest BCUT2D eigenvalue weighted by atomic mass is 79.9. The maximum absolute atomic E-state index is 5.31. The van der Waals surface area contributed by atoms with Crippen molar-refractivity contribution in [2.24, 2.45) is 0 Å². The van der Waals surface area contributed by atoms with E-state index in [4.69, 9.17) is 4.74 Å². The fourth-order valence-corrected chi connectivity index (χ4v) is 1.28. The highest BCUT2D eigenvalue weighted by Gasteiger charge is 2.23. The van der Waals surface area contributed by atoms with Gasteiger partial charge >= 0.3 is 0 Å². The SMILES string of the molecule is CCOCC(Br)[Si](C)(C)C. The molecule has 0 heterocycles. The summed E-state index contributed by atoms with van der Waals surface area (Å²) >= 11 is 3.64. The molecule has 0 aromatic heterocycles. The van der Waals surface area contributed by atoms with Crippen LogP contribution in [-0.2, 0) is 4.74 Å². The van der Waals surface area contributed by atoms with Crippen LogP contribution in [0.3, 0.4) is 0 Å². The van der Waals surface area contributed by atoms with Crippen molar-refractivity contribution in [3.8, 4) is 0 Å². The van der Waals surface area contributed by atoms with E-state index in [2.05, 4.69) is 35.6 Å². The van der Waals surface area contributed by atoms with E-state index in [9.17, 15) is 0 Å². The van der Waals surface area contributed by atoms with E-state index in [1.807, 2.05) is 6.92 Å². The average Bonchev–Trinajstić information content (AvgIpc) is 1.80. The van der Waals surface area contributed by atoms with Gasteiger partial charge in [-0.2, -0.15) is 0 Å². The van der Waals surface area contributed by atoms with Crippen LogP contribution in [0.15, 0.2) is 0 Å². The van der Waals surface area contributed by atoms with Gasteiger partial charge in [-0.25, -0.2) is 0 Å². The minimum absolute atomic E-state index is 0.597. The van der Waals surface area contributed by atoms with Gasteiger partial charge < -0.3 is 4.74 Å². The normalized spacial score (nSPS) is 15.3. The first kappa shape index (κ1) is 10.7. The van der Waals surface area contributed by atoms with Gasteiger partial charge in [-0.1, -0.05) is 35.6 Å². The summed E-state index contributed by atoms with van der Waals surface area (Å²) < 4.78 is 5.91. The van der Waals surface area contributed by atoms with Gasteiger partial charge in [0.15, 0.2) is 0 Å². The maximum Gasteiger partial charge on any atom is 0.0625 e. The quantitative estimate of drug-likeness (QED) is 0.528. The molecule has 0 aromatic carbocycles. The molecule has 3 heteroatoms. The van der Waals surface area contributed by atoms with Crippen molar-refractivity contribution in [3.05, 3.63) is 0 Å². The lowest BCUT2D eigenvalue weighted by atomic mass is 10.8. The summed E-state index contributed by atoms with van der Waals surface area (Å²) in [4.78, 5) is 0. The van der Waals surface area contributed by atoms with Gasteiger partial charge in [0.2, 0.25) is 0 Å². The minimum atomic E-state index is -1.01. The first-order chi connectivity index (χ1) is 4.48. The fraction of sp³-hybridized carbons (Fsp3) is 1.00. The zero-order chi connectivity index (χ0) is 8.20. The van der Waals surface area contributed by atoms with Crippen molar-refractivity contribution in [3.63, 3.8) is 0 Å². The number of rotatable bonds is 4. The molecule has 1 atom stereocenters. The topological polar surface area (TPSA) is 9.23 Å². The molecule has 0 radical (unpaired) electrons. The van der Waals surface area contributed by atoms with Crippen LogP contribution in [0, 0.1) is 0 Å². The van der Waals surface area contributed by atoms with E-state index in [1.54, 1.807) is 0 Å². The van der Waals surface area contributed by atoms with Crippen LogP contribution in [-0.4, -0.2) is 25.7 Å². The lowest BCUT2D eigenvalue weighted by molar-refractivity contribution is 0.159. The first-order valence-corrected chi connectivity index (χ1v) is 8.19. The van der Waals surface area contributed by atoms with E-state index >= 15 is 0 Å². The summed E-state index contributed by atoms with van der Waals surface area (Å²) in [6.45, 7) is 10.7. The predicted octanol–water partition coefficient (Wildman–Crippen LogP) is 2.66. The molecule has 0 spiro atoms. The Labute approximate surface area is 73.3 Å². The zero-order valence-corrected chi connectivity index (χ0v) is 9.86. The Morgan fingerprint density at radius 1 is 1.40 bits per heavy atom. The number of halogens is 1. The molecule has 10 heavy (non-hydrogen) atoms. The van der Waals surface area contributed by atoms with Crippen molar-refractivity contribution in [1.82, 2.24) is 0 Å². The molecule has 0 amide bonds. The van der Waals surface area contributed by atoms with Gasteiger partial charge in [0.05, 0.1) is 14.7 Å². The summed E-state index contributed by atoms with van der Waals surface area (Å²) in [5.41, 5.74) is 0. The molecule has 1 unspecified atom stereocenters. The highest BCUT2D eigenvalue weighted by molar-refractivity contribution is 9.10. The van der Waals surface area contributed by atoms with Gasteiger partial charge in [0, 0.05) is 11.1 Å². The number of hydrogen-bond acceptors (Lipinski definition) is 1. The monoisotopic (exact) mass is 224 g/mol. The molecule has 0 rings (SSSR count). The number of ether oxygens (including phenoxy) is 1. The first-order valence-electron chi connectivity index (χ1n) is 3.70. The summed E-state index contributed by atoms with van der Waals surface area (Å²) in [6, 6.07) is 0. The molecule has 0 aromatic rings. The molecule has 0 aliphatic rings. The summed E-state index contributed by atoms with van der Waals surface area (Å²) in [5.74, 6) is 0. The van der Waals surface area contributed by atoms with Crippen LogP contribution in [0.5, 0.6) is 0 Å². The average molecular weight is 225 g/mol. The van der Waals surface area contributed by atoms with Gasteiger partial charge in [-0.05, 0) is 6.92 Å². The predicted molar refractivity (Wildman–Crippen MR) is 52.6 cm³/mol. The largest absolute Gasteiger partial charge is 0.381 e. The Balaban J connectivity index is 3.52. The third kappa shape index (κ3) is 4.47. The Morgan fingerprint density at radius 3 is 2.20 bits per heavy atom. The molecule has 0 fully saturated rings. The molecular weight excluding hydrogens is 208 g/mol. The van der Waals surface area contributed by atoms with Crippen LogP contribution in [0.4, 0.5) is 0 Å². The van der Waals surface area contributed by atoms with Crippen LogP contribution >= 0.6 is 15.9 Å². The fourth-order valence-electron chi connectivity index (χ4n) is 0.471. The van der Waals surface area contributed by atoms with E-state index < -0.39 is 8.07 Å². The second-order valence-corrected chi connectivity index (χ2v) is 10.9. The van der Waals surface area contributed by atoms with Crippen molar-refractivity contribution >= 4 is 24.0 Å². The Hall–Kier alpha value is 0.657. The second kappa shape index (κ2) is 4.52. The molecular formula is C7H17BrOSi. The number of hydrogen-bond donors (Lipinski definition) is 0. The van der Waals surface area contributed by atoms with E-state index in [0.717, 1.165) is 13.2 Å². The molecule has 0 saturated heterocycles. The maximum atomic E-state index is 5.31. The summed E-state index contributed by atoms with van der Waals surface area (Å²) in [7, 11) is -1.01. The van der Waals surface area contributed by atoms with E-state index in [1.165, 1.54) is 0 Å². The third-order valence-electron chi connectivity index (χ3n) is 1.41. The van der Waals surface area contributed by atoms with Crippen molar-refractivity contribution in [2.75, 3.05) is 13.2 Å². The highest BCUT2D eigenvalue weighted by Crippen LogP contribution is 2.15. The van der Waals surface area contributed by atoms with Crippen molar-refractivity contribution in [1.29, 1.82) is 0 Å². The van der Waals surface area contributed by atoms with Crippen molar-refractivity contribution < 1.29 is 4.74 Å². The lowest BCUT2D eigenvalue weighted by Crippen LogP contribution is -2.36. The van der Waals surface area contributed by atoms with Gasteiger partial charge in [-0.15, -0.1) is 0 Å². The zero-order valence-electron chi connectivity index (χ0n) is 7.28. The van der Waals surface area contributed by atoms with Gasteiger partial charge in [0.25, 0.3) is 0 Å². The second-order valence-electron chi connectivity index (χ2n) is 3.49. The Morgan fingerprint density at radius 2 is 1.90 bits per heavy atom. The minimum Gasteiger partial charge on any atom is -0.381 e. The van der Waals surface area contributed by atoms with Crippen LogP contribution in [0.25, 0.3) is 0 Å². The van der Waals surface area contributed by atoms with Gasteiger partial charge in [-0.3, -0.25) is 0 Å². The Kier molecular flexibility index (Phi) is 4.81. The molecule has 1 nitrogen and oxygen atoms in total. The molecule has 0 aliphatic heterocycles. The molecule has 0 N–H and O–H groups in total. The number of alkyl halides is 1.